The van der Waals surface area contributed by atoms with Gasteiger partial charge >= 0.3 is 36.7 Å². The molecule has 16 heteroatoms. The van der Waals surface area contributed by atoms with Crippen LogP contribution in [0, 0.1) is 0 Å². The molecule has 0 unspecified atom stereocenters. The minimum atomic E-state index is -6.33. The smallest absolute Gasteiger partial charge is 0.438 e. The molecule has 0 amide bonds. The summed E-state index contributed by atoms with van der Waals surface area (Å²) in [7, 11) is 1.30. The number of halogens is 8. The van der Waals surface area contributed by atoms with Crippen LogP contribution in [-0.2, 0) is 28.4 Å². The maximum absolute atomic E-state index is 13.1. The lowest BCUT2D eigenvalue weighted by atomic mass is 10.5. The third-order valence-corrected chi connectivity index (χ3v) is 1.94. The van der Waals surface area contributed by atoms with Crippen LogP contribution in [0.25, 0.3) is 0 Å². The highest BCUT2D eigenvalue weighted by molar-refractivity contribution is 5.59. The molecule has 0 spiro atoms. The maximum atomic E-state index is 13.1. The van der Waals surface area contributed by atoms with Crippen molar-refractivity contribution in [2.75, 3.05) is 27.4 Å². The van der Waals surface area contributed by atoms with Crippen LogP contribution in [0.4, 0.5) is 44.7 Å². The molecule has 8 nitrogen and oxygen atoms in total. The van der Waals surface area contributed by atoms with Gasteiger partial charge in [0.15, 0.2) is 13.2 Å². The second kappa shape index (κ2) is 8.52. The molecule has 0 aliphatic heterocycles. The number of ether oxygens (including phenoxy) is 6. The van der Waals surface area contributed by atoms with Crippen LogP contribution in [0.5, 0.6) is 0 Å². The Bertz CT molecular complexity index is 453. The topological polar surface area (TPSA) is 89.5 Å². The molecule has 0 N–H and O–H groups in total. The van der Waals surface area contributed by atoms with Crippen LogP contribution < -0.4 is 0 Å². The van der Waals surface area contributed by atoms with Gasteiger partial charge in [-0.2, -0.15) is 35.1 Å². The largest absolute Gasteiger partial charge is 0.508 e. The lowest BCUT2D eigenvalue weighted by molar-refractivity contribution is -0.515. The number of alkyl halides is 8. The maximum Gasteiger partial charge on any atom is 0.508 e. The molecule has 0 atom stereocenters. The highest BCUT2D eigenvalue weighted by atomic mass is 19.3. The van der Waals surface area contributed by atoms with Crippen LogP contribution in [-0.4, -0.2) is 64.2 Å². The van der Waals surface area contributed by atoms with Gasteiger partial charge in [-0.3, -0.25) is 0 Å². The predicted molar refractivity (Wildman–Crippen MR) is 58.7 cm³/mol. The highest BCUT2D eigenvalue weighted by Gasteiger charge is 2.67. The summed E-state index contributed by atoms with van der Waals surface area (Å²) < 4.78 is 124. The molecule has 26 heavy (non-hydrogen) atoms. The van der Waals surface area contributed by atoms with E-state index in [4.69, 9.17) is 0 Å². The van der Waals surface area contributed by atoms with Crippen molar-refractivity contribution >= 4 is 12.3 Å². The second-order valence-electron chi connectivity index (χ2n) is 4.00. The first-order valence-electron chi connectivity index (χ1n) is 5.90. The first-order chi connectivity index (χ1) is 11.6. The molecule has 0 fully saturated rings. The lowest BCUT2D eigenvalue weighted by Gasteiger charge is -2.30. The summed E-state index contributed by atoms with van der Waals surface area (Å²) >= 11 is 0. The lowest BCUT2D eigenvalue weighted by Crippen LogP contribution is -2.53. The van der Waals surface area contributed by atoms with E-state index in [1.165, 1.54) is 0 Å². The van der Waals surface area contributed by atoms with Crippen molar-refractivity contribution in [2.45, 2.75) is 24.4 Å². The van der Waals surface area contributed by atoms with Crippen LogP contribution in [0.2, 0.25) is 0 Å². The Labute approximate surface area is 138 Å². The van der Waals surface area contributed by atoms with Gasteiger partial charge in [0, 0.05) is 0 Å². The average molecular weight is 410 g/mol. The van der Waals surface area contributed by atoms with Crippen molar-refractivity contribution in [2.24, 2.45) is 0 Å². The third-order valence-electron chi connectivity index (χ3n) is 1.94. The minimum absolute atomic E-state index is 0.649. The Kier molecular flexibility index (Phi) is 7.83. The predicted octanol–water partition coefficient (Wildman–Crippen LogP) is 2.96. The van der Waals surface area contributed by atoms with Gasteiger partial charge in [-0.1, -0.05) is 0 Å². The van der Waals surface area contributed by atoms with Crippen molar-refractivity contribution in [3.05, 3.63) is 0 Å². The molecule has 0 heterocycles. The van der Waals surface area contributed by atoms with Crippen molar-refractivity contribution in [1.29, 1.82) is 0 Å². The molecule has 0 aliphatic carbocycles. The van der Waals surface area contributed by atoms with E-state index in [0.717, 1.165) is 0 Å². The monoisotopic (exact) mass is 410 g/mol. The van der Waals surface area contributed by atoms with Crippen molar-refractivity contribution in [3.63, 3.8) is 0 Å². The van der Waals surface area contributed by atoms with Gasteiger partial charge in [0.2, 0.25) is 0 Å². The summed E-state index contributed by atoms with van der Waals surface area (Å²) in [5.74, 6) is 0. The van der Waals surface area contributed by atoms with E-state index in [1.54, 1.807) is 0 Å². The zero-order valence-electron chi connectivity index (χ0n) is 12.7. The molecular formula is C10H10F8O8. The van der Waals surface area contributed by atoms with Gasteiger partial charge in [-0.05, 0) is 0 Å². The highest BCUT2D eigenvalue weighted by Crippen LogP contribution is 2.43. The van der Waals surface area contributed by atoms with E-state index in [1.807, 2.05) is 0 Å². The molecule has 0 aromatic carbocycles. The Morgan fingerprint density at radius 3 is 1.15 bits per heavy atom. The number of carbonyl (C=O) groups excluding carboxylic acids is 2. The number of carbonyl (C=O) groups is 2. The molecule has 0 aliphatic rings. The Morgan fingerprint density at radius 1 is 0.654 bits per heavy atom. The van der Waals surface area contributed by atoms with Crippen molar-refractivity contribution < 1.29 is 73.1 Å². The summed E-state index contributed by atoms with van der Waals surface area (Å²) in [6, 6.07) is 0. The molecule has 0 aromatic rings. The Balaban J connectivity index is 5.00. The molecule has 154 valence electrons. The third kappa shape index (κ3) is 7.85. The fourth-order valence-electron chi connectivity index (χ4n) is 0.957. The summed E-state index contributed by atoms with van der Waals surface area (Å²) in [5.41, 5.74) is 0. The van der Waals surface area contributed by atoms with Gasteiger partial charge in [0.05, 0.1) is 14.2 Å². The number of hydrogen-bond acceptors (Lipinski definition) is 8. The first-order valence-corrected chi connectivity index (χ1v) is 5.90. The van der Waals surface area contributed by atoms with Gasteiger partial charge in [-0.15, -0.1) is 0 Å². The summed E-state index contributed by atoms with van der Waals surface area (Å²) in [4.78, 5) is 20.8. The fraction of sp³-hybridized carbons (Fsp3) is 0.800. The quantitative estimate of drug-likeness (QED) is 0.424. The molecule has 0 radical (unpaired) electrons. The van der Waals surface area contributed by atoms with E-state index < -0.39 is 50.0 Å². The number of methoxy groups -OCH3 is 2. The van der Waals surface area contributed by atoms with Crippen LogP contribution in [0.15, 0.2) is 0 Å². The van der Waals surface area contributed by atoms with Gasteiger partial charge in [0.25, 0.3) is 0 Å². The zero-order valence-corrected chi connectivity index (χ0v) is 12.7. The SMILES string of the molecule is COC(=O)OCC(F)(F)OC(F)(F)C(F)(F)OC(F)(F)COC(=O)OC. The summed E-state index contributed by atoms with van der Waals surface area (Å²) in [6.07, 6.45) is -26.8. The van der Waals surface area contributed by atoms with Crippen molar-refractivity contribution in [3.8, 4) is 0 Å². The second-order valence-corrected chi connectivity index (χ2v) is 4.00. The molecule has 0 saturated carbocycles. The van der Waals surface area contributed by atoms with Gasteiger partial charge in [0.1, 0.15) is 0 Å². The summed E-state index contributed by atoms with van der Waals surface area (Å²) in [6.45, 7) is -4.62. The molecule has 0 bridgehead atoms. The van der Waals surface area contributed by atoms with E-state index in [2.05, 4.69) is 28.4 Å². The number of rotatable bonds is 9. The normalized spacial score (nSPS) is 13.2. The summed E-state index contributed by atoms with van der Waals surface area (Å²) in [5, 5.41) is 0. The Hall–Kier alpha value is -2.10. The Morgan fingerprint density at radius 2 is 0.923 bits per heavy atom. The molecule has 0 rings (SSSR count). The van der Waals surface area contributed by atoms with Crippen LogP contribution >= 0.6 is 0 Å². The standard InChI is InChI=1S/C10H10F8O8/c1-21-5(19)23-3-7(11,12)25-9(15,16)10(17,18)26-8(13,14)4-24-6(20)22-2/h3-4H2,1-2H3. The van der Waals surface area contributed by atoms with Gasteiger partial charge < -0.3 is 18.9 Å². The fourth-order valence-corrected chi connectivity index (χ4v) is 0.957. The number of hydrogen-bond donors (Lipinski definition) is 0. The van der Waals surface area contributed by atoms with Crippen molar-refractivity contribution in [1.82, 2.24) is 0 Å². The average Bonchev–Trinajstić information content (AvgIpc) is 2.48. The molecule has 0 saturated heterocycles. The molecule has 0 aromatic heterocycles. The van der Waals surface area contributed by atoms with Crippen LogP contribution in [0.3, 0.4) is 0 Å². The van der Waals surface area contributed by atoms with E-state index in [9.17, 15) is 44.7 Å². The van der Waals surface area contributed by atoms with Gasteiger partial charge in [-0.25, -0.2) is 19.1 Å². The van der Waals surface area contributed by atoms with E-state index in [-0.39, 0.29) is 0 Å². The van der Waals surface area contributed by atoms with E-state index in [0.29, 0.717) is 14.2 Å². The molecular weight excluding hydrogens is 400 g/mol. The first kappa shape index (κ1) is 23.9. The van der Waals surface area contributed by atoms with E-state index >= 15 is 0 Å². The van der Waals surface area contributed by atoms with Crippen LogP contribution in [0.1, 0.15) is 0 Å². The minimum Gasteiger partial charge on any atom is -0.438 e. The zero-order chi connectivity index (χ0) is 20.8.